The van der Waals surface area contributed by atoms with Gasteiger partial charge in [-0.1, -0.05) is 36.4 Å². The predicted octanol–water partition coefficient (Wildman–Crippen LogP) is 2.88. The first kappa shape index (κ1) is 18.6. The second-order valence-corrected chi connectivity index (χ2v) is 7.04. The molecule has 29 heavy (non-hydrogen) atoms. The summed E-state index contributed by atoms with van der Waals surface area (Å²) < 4.78 is 1.72. The molecule has 2 aromatic carbocycles. The number of fused-ring (bicyclic) bond motifs is 2. The number of aryl methyl sites for hydroxylation is 2. The van der Waals surface area contributed by atoms with Crippen molar-refractivity contribution in [3.05, 3.63) is 98.5 Å². The number of carbonyl (C=O) groups excluding carboxylic acids is 3. The van der Waals surface area contributed by atoms with Crippen LogP contribution in [0.2, 0.25) is 0 Å². The monoisotopic (exact) mass is 386 g/mol. The number of aromatic nitrogens is 1. The van der Waals surface area contributed by atoms with Gasteiger partial charge in [0.2, 0.25) is 5.91 Å². The lowest BCUT2D eigenvalue weighted by Gasteiger charge is -2.21. The van der Waals surface area contributed by atoms with Crippen LogP contribution >= 0.6 is 0 Å². The summed E-state index contributed by atoms with van der Waals surface area (Å²) in [6, 6.07) is 14.4. The molecule has 1 aliphatic carbocycles. The van der Waals surface area contributed by atoms with Gasteiger partial charge in [0.25, 0.3) is 0 Å². The summed E-state index contributed by atoms with van der Waals surface area (Å²) in [6.45, 7) is 3.50. The van der Waals surface area contributed by atoms with E-state index in [1.54, 1.807) is 60.9 Å². The van der Waals surface area contributed by atoms with E-state index in [1.165, 1.54) is 12.1 Å². The number of benzene rings is 2. The SMILES string of the molecule is Cc1cc(=O)cc(C)n1CC(=O)Nc1cccc2c1C(=O)c1ccccc1C2=O. The van der Waals surface area contributed by atoms with Crippen molar-refractivity contribution in [1.29, 1.82) is 0 Å². The number of rotatable bonds is 3. The van der Waals surface area contributed by atoms with E-state index in [-0.39, 0.29) is 40.6 Å². The number of anilines is 1. The van der Waals surface area contributed by atoms with Crippen molar-refractivity contribution in [2.75, 3.05) is 5.32 Å². The number of carbonyl (C=O) groups is 3. The van der Waals surface area contributed by atoms with Gasteiger partial charge in [-0.2, -0.15) is 0 Å². The van der Waals surface area contributed by atoms with Gasteiger partial charge in [0.05, 0.1) is 11.3 Å². The first-order valence-electron chi connectivity index (χ1n) is 9.16. The van der Waals surface area contributed by atoms with E-state index in [0.717, 1.165) is 0 Å². The van der Waals surface area contributed by atoms with Gasteiger partial charge < -0.3 is 9.88 Å². The van der Waals surface area contributed by atoms with Crippen LogP contribution in [0.15, 0.2) is 59.4 Å². The largest absolute Gasteiger partial charge is 0.340 e. The topological polar surface area (TPSA) is 85.2 Å². The smallest absolute Gasteiger partial charge is 0.244 e. The summed E-state index contributed by atoms with van der Waals surface area (Å²) in [5.74, 6) is -0.882. The third-order valence-electron chi connectivity index (χ3n) is 5.08. The Bertz CT molecular complexity index is 1230. The summed E-state index contributed by atoms with van der Waals surface area (Å²) in [7, 11) is 0. The maximum Gasteiger partial charge on any atom is 0.244 e. The van der Waals surface area contributed by atoms with Crippen LogP contribution < -0.4 is 10.7 Å². The van der Waals surface area contributed by atoms with E-state index in [2.05, 4.69) is 5.32 Å². The van der Waals surface area contributed by atoms with Gasteiger partial charge >= 0.3 is 0 Å². The molecule has 0 unspecified atom stereocenters. The van der Waals surface area contributed by atoms with E-state index < -0.39 is 0 Å². The van der Waals surface area contributed by atoms with Crippen LogP contribution in [0.5, 0.6) is 0 Å². The maximum atomic E-state index is 13.0. The molecular weight excluding hydrogens is 368 g/mol. The lowest BCUT2D eigenvalue weighted by molar-refractivity contribution is -0.116. The molecule has 0 saturated heterocycles. The van der Waals surface area contributed by atoms with E-state index >= 15 is 0 Å². The molecule has 1 amide bonds. The van der Waals surface area contributed by atoms with Gasteiger partial charge in [-0.15, -0.1) is 0 Å². The molecule has 1 N–H and O–H groups in total. The highest BCUT2D eigenvalue weighted by Gasteiger charge is 2.31. The van der Waals surface area contributed by atoms with E-state index in [4.69, 9.17) is 0 Å². The molecule has 1 aliphatic rings. The molecule has 0 fully saturated rings. The van der Waals surface area contributed by atoms with Gasteiger partial charge in [0, 0.05) is 40.2 Å². The van der Waals surface area contributed by atoms with Gasteiger partial charge in [-0.3, -0.25) is 19.2 Å². The lowest BCUT2D eigenvalue weighted by Crippen LogP contribution is -2.26. The van der Waals surface area contributed by atoms with E-state index in [1.807, 2.05) is 0 Å². The summed E-state index contributed by atoms with van der Waals surface area (Å²) >= 11 is 0. The minimum absolute atomic E-state index is 0.0136. The number of hydrogen-bond donors (Lipinski definition) is 1. The Morgan fingerprint density at radius 2 is 1.41 bits per heavy atom. The Morgan fingerprint density at radius 1 is 0.828 bits per heavy atom. The van der Waals surface area contributed by atoms with Crippen LogP contribution in [0, 0.1) is 13.8 Å². The third kappa shape index (κ3) is 3.18. The van der Waals surface area contributed by atoms with Crippen molar-refractivity contribution in [2.45, 2.75) is 20.4 Å². The minimum Gasteiger partial charge on any atom is -0.340 e. The highest BCUT2D eigenvalue weighted by Crippen LogP contribution is 2.31. The van der Waals surface area contributed by atoms with Crippen molar-refractivity contribution in [1.82, 2.24) is 4.57 Å². The standard InChI is InChI=1S/C23H18N2O4/c1-13-10-15(26)11-14(2)25(13)12-20(27)24-19-9-5-8-18-21(19)23(29)17-7-4-3-6-16(17)22(18)28/h3-11H,12H2,1-2H3,(H,24,27). The number of ketones is 2. The average molecular weight is 386 g/mol. The number of nitrogens with one attached hydrogen (secondary N) is 1. The Kier molecular flexibility index (Phi) is 4.47. The molecule has 0 saturated carbocycles. The third-order valence-corrected chi connectivity index (χ3v) is 5.08. The molecule has 4 rings (SSSR count). The van der Waals surface area contributed by atoms with E-state index in [9.17, 15) is 19.2 Å². The van der Waals surface area contributed by atoms with Crippen molar-refractivity contribution < 1.29 is 14.4 Å². The molecule has 6 nitrogen and oxygen atoms in total. The average Bonchev–Trinajstić information content (AvgIpc) is 2.69. The molecule has 3 aromatic rings. The second-order valence-electron chi connectivity index (χ2n) is 7.04. The number of amides is 1. The van der Waals surface area contributed by atoms with Crippen molar-refractivity contribution in [2.24, 2.45) is 0 Å². The zero-order valence-electron chi connectivity index (χ0n) is 16.0. The molecule has 0 aliphatic heterocycles. The summed E-state index contributed by atoms with van der Waals surface area (Å²) in [5.41, 5.74) is 2.71. The molecule has 0 radical (unpaired) electrons. The lowest BCUT2D eigenvalue weighted by atomic mass is 9.83. The fourth-order valence-corrected chi connectivity index (χ4v) is 3.72. The normalized spacial score (nSPS) is 12.3. The molecule has 0 spiro atoms. The molecule has 6 heteroatoms. The van der Waals surface area contributed by atoms with E-state index in [0.29, 0.717) is 28.2 Å². The first-order chi connectivity index (χ1) is 13.9. The number of nitrogens with zero attached hydrogens (tertiary/aromatic N) is 1. The molecular formula is C23H18N2O4. The zero-order chi connectivity index (χ0) is 20.7. The highest BCUT2D eigenvalue weighted by molar-refractivity contribution is 6.30. The molecule has 1 heterocycles. The molecule has 0 bridgehead atoms. The van der Waals surface area contributed by atoms with Crippen LogP contribution in [0.25, 0.3) is 0 Å². The van der Waals surface area contributed by atoms with Crippen molar-refractivity contribution in [3.8, 4) is 0 Å². The Hall–Kier alpha value is -3.80. The maximum absolute atomic E-state index is 13.0. The summed E-state index contributed by atoms with van der Waals surface area (Å²) in [6.07, 6.45) is 0. The zero-order valence-corrected chi connectivity index (χ0v) is 16.0. The predicted molar refractivity (Wildman–Crippen MR) is 109 cm³/mol. The van der Waals surface area contributed by atoms with Crippen LogP contribution in [-0.4, -0.2) is 22.0 Å². The quantitative estimate of drug-likeness (QED) is 0.587. The fourth-order valence-electron chi connectivity index (χ4n) is 3.72. The fraction of sp³-hybridized carbons (Fsp3) is 0.130. The van der Waals surface area contributed by atoms with Crippen LogP contribution in [0.3, 0.4) is 0 Å². The van der Waals surface area contributed by atoms with Crippen molar-refractivity contribution in [3.63, 3.8) is 0 Å². The van der Waals surface area contributed by atoms with Gasteiger partial charge in [0.15, 0.2) is 17.0 Å². The highest BCUT2D eigenvalue weighted by atomic mass is 16.2. The summed E-state index contributed by atoms with van der Waals surface area (Å²) in [4.78, 5) is 50.1. The van der Waals surface area contributed by atoms with Crippen LogP contribution in [0.1, 0.15) is 43.2 Å². The molecule has 1 aromatic heterocycles. The molecule has 0 atom stereocenters. The van der Waals surface area contributed by atoms with Crippen molar-refractivity contribution >= 4 is 23.2 Å². The first-order valence-corrected chi connectivity index (χ1v) is 9.16. The number of hydrogen-bond acceptors (Lipinski definition) is 4. The second kappa shape index (κ2) is 6.98. The van der Waals surface area contributed by atoms with Crippen LogP contribution in [0.4, 0.5) is 5.69 Å². The number of pyridine rings is 1. The summed E-state index contributed by atoms with van der Waals surface area (Å²) in [5, 5.41) is 2.76. The Labute approximate surface area is 166 Å². The van der Waals surface area contributed by atoms with Gasteiger partial charge in [-0.25, -0.2) is 0 Å². The van der Waals surface area contributed by atoms with Crippen LogP contribution in [-0.2, 0) is 11.3 Å². The van der Waals surface area contributed by atoms with Gasteiger partial charge in [0.1, 0.15) is 6.54 Å². The molecule has 144 valence electrons. The Balaban J connectivity index is 1.68. The van der Waals surface area contributed by atoms with Gasteiger partial charge in [-0.05, 0) is 19.9 Å². The minimum atomic E-state index is -0.354. The Morgan fingerprint density at radius 3 is 2.07 bits per heavy atom.